The Labute approximate surface area is 126 Å². The van der Waals surface area contributed by atoms with E-state index >= 15 is 0 Å². The van der Waals surface area contributed by atoms with Crippen LogP contribution >= 0.6 is 0 Å². The molecule has 2 aromatic rings. The standard InChI is InChI=1S/C18H22N2O/c1-4-19-16-8-6-7-9-17(16)20(5-2)18(19)14-10-12-15(21-3)13-11-14/h6-13,18H,4-5H2,1-3H3. The molecule has 0 radical (unpaired) electrons. The summed E-state index contributed by atoms with van der Waals surface area (Å²) in [6, 6.07) is 17.1. The lowest BCUT2D eigenvalue weighted by atomic mass is 10.1. The molecule has 3 rings (SSSR count). The van der Waals surface area contributed by atoms with Crippen LogP contribution in [0.15, 0.2) is 48.5 Å². The van der Waals surface area contributed by atoms with Crippen LogP contribution in [0.5, 0.6) is 5.75 Å². The van der Waals surface area contributed by atoms with Crippen LogP contribution in [0.4, 0.5) is 11.4 Å². The number of fused-ring (bicyclic) bond motifs is 1. The molecule has 0 atom stereocenters. The fraction of sp³-hybridized carbons (Fsp3) is 0.333. The highest BCUT2D eigenvalue weighted by atomic mass is 16.5. The van der Waals surface area contributed by atoms with Crippen molar-refractivity contribution in [2.45, 2.75) is 20.0 Å². The van der Waals surface area contributed by atoms with E-state index in [1.54, 1.807) is 7.11 Å². The van der Waals surface area contributed by atoms with Gasteiger partial charge in [-0.3, -0.25) is 0 Å². The third-order valence-corrected chi connectivity index (χ3v) is 4.19. The summed E-state index contributed by atoms with van der Waals surface area (Å²) in [5.74, 6) is 0.903. The molecule has 0 bridgehead atoms. The Morgan fingerprint density at radius 2 is 1.38 bits per heavy atom. The largest absolute Gasteiger partial charge is 0.497 e. The summed E-state index contributed by atoms with van der Waals surface area (Å²) in [6.45, 7) is 6.41. The van der Waals surface area contributed by atoms with E-state index < -0.39 is 0 Å². The molecule has 3 heteroatoms. The Kier molecular flexibility index (Phi) is 3.74. The van der Waals surface area contributed by atoms with Crippen LogP contribution in [-0.4, -0.2) is 20.2 Å². The lowest BCUT2D eigenvalue weighted by molar-refractivity contribution is 0.414. The second kappa shape index (κ2) is 5.68. The Hall–Kier alpha value is -2.16. The van der Waals surface area contributed by atoms with Crippen molar-refractivity contribution in [3.05, 3.63) is 54.1 Å². The predicted molar refractivity (Wildman–Crippen MR) is 88.2 cm³/mol. The number of methoxy groups -OCH3 is 1. The summed E-state index contributed by atoms with van der Waals surface area (Å²) in [7, 11) is 1.71. The van der Waals surface area contributed by atoms with Gasteiger partial charge in [0, 0.05) is 13.1 Å². The minimum Gasteiger partial charge on any atom is -0.497 e. The zero-order valence-electron chi connectivity index (χ0n) is 12.9. The van der Waals surface area contributed by atoms with E-state index in [0.29, 0.717) is 0 Å². The molecule has 0 fully saturated rings. The van der Waals surface area contributed by atoms with Crippen LogP contribution in [0.1, 0.15) is 25.6 Å². The first-order chi connectivity index (χ1) is 10.3. The molecular formula is C18H22N2O. The van der Waals surface area contributed by atoms with Gasteiger partial charge in [0.15, 0.2) is 0 Å². The maximum atomic E-state index is 5.27. The van der Waals surface area contributed by atoms with Crippen LogP contribution in [0, 0.1) is 0 Å². The first-order valence-electron chi connectivity index (χ1n) is 7.56. The number of hydrogen-bond donors (Lipinski definition) is 0. The fourth-order valence-electron chi connectivity index (χ4n) is 3.20. The molecule has 1 aliphatic heterocycles. The number of nitrogens with zero attached hydrogens (tertiary/aromatic N) is 2. The van der Waals surface area contributed by atoms with Crippen molar-refractivity contribution in [1.29, 1.82) is 0 Å². The molecule has 110 valence electrons. The number of rotatable bonds is 4. The highest BCUT2D eigenvalue weighted by molar-refractivity contribution is 5.78. The van der Waals surface area contributed by atoms with Gasteiger partial charge in [0.2, 0.25) is 0 Å². The maximum Gasteiger partial charge on any atom is 0.128 e. The Balaban J connectivity index is 2.04. The number of benzene rings is 2. The van der Waals surface area contributed by atoms with E-state index in [1.807, 2.05) is 12.1 Å². The van der Waals surface area contributed by atoms with Gasteiger partial charge in [-0.2, -0.15) is 0 Å². The molecule has 1 aliphatic rings. The molecule has 0 N–H and O–H groups in total. The molecule has 3 nitrogen and oxygen atoms in total. The normalized spacial score (nSPS) is 14.4. The molecule has 0 aromatic heterocycles. The van der Waals surface area contributed by atoms with Gasteiger partial charge < -0.3 is 14.5 Å². The summed E-state index contributed by atoms with van der Waals surface area (Å²) < 4.78 is 5.27. The zero-order valence-corrected chi connectivity index (χ0v) is 12.9. The summed E-state index contributed by atoms with van der Waals surface area (Å²) in [5.41, 5.74) is 3.95. The number of hydrogen-bond acceptors (Lipinski definition) is 3. The molecule has 2 aromatic carbocycles. The lowest BCUT2D eigenvalue weighted by Crippen LogP contribution is -2.35. The van der Waals surface area contributed by atoms with Crippen molar-refractivity contribution in [1.82, 2.24) is 0 Å². The monoisotopic (exact) mass is 282 g/mol. The Bertz CT molecular complexity index is 578. The van der Waals surface area contributed by atoms with E-state index in [-0.39, 0.29) is 6.17 Å². The summed E-state index contributed by atoms with van der Waals surface area (Å²) in [5, 5.41) is 0. The third-order valence-electron chi connectivity index (χ3n) is 4.19. The minimum atomic E-state index is 0.267. The molecule has 0 aliphatic carbocycles. The lowest BCUT2D eigenvalue weighted by Gasteiger charge is -2.32. The number of ether oxygens (including phenoxy) is 1. The second-order valence-corrected chi connectivity index (χ2v) is 5.21. The molecule has 0 unspecified atom stereocenters. The van der Waals surface area contributed by atoms with E-state index in [4.69, 9.17) is 4.74 Å². The molecule has 0 amide bonds. The average Bonchev–Trinajstić information content (AvgIpc) is 2.88. The van der Waals surface area contributed by atoms with E-state index in [9.17, 15) is 0 Å². The first-order valence-corrected chi connectivity index (χ1v) is 7.56. The van der Waals surface area contributed by atoms with Crippen molar-refractivity contribution in [3.8, 4) is 5.75 Å². The van der Waals surface area contributed by atoms with Crippen LogP contribution in [0.2, 0.25) is 0 Å². The van der Waals surface area contributed by atoms with Crippen LogP contribution < -0.4 is 14.5 Å². The SMILES string of the molecule is CCN1c2ccccc2N(CC)C1c1ccc(OC)cc1. The Morgan fingerprint density at radius 3 is 1.81 bits per heavy atom. The topological polar surface area (TPSA) is 15.7 Å². The predicted octanol–water partition coefficient (Wildman–Crippen LogP) is 4.06. The van der Waals surface area contributed by atoms with Crippen molar-refractivity contribution >= 4 is 11.4 Å². The molecule has 0 saturated carbocycles. The van der Waals surface area contributed by atoms with Crippen molar-refractivity contribution < 1.29 is 4.74 Å². The smallest absolute Gasteiger partial charge is 0.128 e. The van der Waals surface area contributed by atoms with Crippen molar-refractivity contribution in [2.75, 3.05) is 30.0 Å². The van der Waals surface area contributed by atoms with Gasteiger partial charge in [-0.05, 0) is 43.7 Å². The summed E-state index contributed by atoms with van der Waals surface area (Å²) in [4.78, 5) is 4.92. The third kappa shape index (κ3) is 2.23. The minimum absolute atomic E-state index is 0.267. The zero-order chi connectivity index (χ0) is 14.8. The Morgan fingerprint density at radius 1 is 0.857 bits per heavy atom. The average molecular weight is 282 g/mol. The van der Waals surface area contributed by atoms with Gasteiger partial charge in [0.05, 0.1) is 18.5 Å². The van der Waals surface area contributed by atoms with Crippen molar-refractivity contribution in [3.63, 3.8) is 0 Å². The van der Waals surface area contributed by atoms with Gasteiger partial charge >= 0.3 is 0 Å². The molecule has 21 heavy (non-hydrogen) atoms. The number of para-hydroxylation sites is 2. The number of anilines is 2. The molecule has 1 heterocycles. The van der Waals surface area contributed by atoms with Gasteiger partial charge in [0.25, 0.3) is 0 Å². The highest BCUT2D eigenvalue weighted by Gasteiger charge is 2.34. The van der Waals surface area contributed by atoms with Crippen LogP contribution in [0.25, 0.3) is 0 Å². The molecular weight excluding hydrogens is 260 g/mol. The quantitative estimate of drug-likeness (QED) is 0.841. The maximum absolute atomic E-state index is 5.27. The van der Waals surface area contributed by atoms with Gasteiger partial charge in [0.1, 0.15) is 11.9 Å². The van der Waals surface area contributed by atoms with Crippen LogP contribution in [0.3, 0.4) is 0 Å². The second-order valence-electron chi connectivity index (χ2n) is 5.21. The summed E-state index contributed by atoms with van der Waals surface area (Å²) >= 11 is 0. The fourth-order valence-corrected chi connectivity index (χ4v) is 3.20. The van der Waals surface area contributed by atoms with Gasteiger partial charge in [-0.15, -0.1) is 0 Å². The molecule has 0 spiro atoms. The summed E-state index contributed by atoms with van der Waals surface area (Å²) in [6.07, 6.45) is 0.267. The van der Waals surface area contributed by atoms with Crippen molar-refractivity contribution in [2.24, 2.45) is 0 Å². The van der Waals surface area contributed by atoms with Gasteiger partial charge in [-0.25, -0.2) is 0 Å². The van der Waals surface area contributed by atoms with Gasteiger partial charge in [-0.1, -0.05) is 24.3 Å². The van der Waals surface area contributed by atoms with E-state index in [0.717, 1.165) is 18.8 Å². The van der Waals surface area contributed by atoms with E-state index in [1.165, 1.54) is 16.9 Å². The van der Waals surface area contributed by atoms with Crippen LogP contribution in [-0.2, 0) is 0 Å². The molecule has 0 saturated heterocycles. The highest BCUT2D eigenvalue weighted by Crippen LogP contribution is 2.45. The van der Waals surface area contributed by atoms with E-state index in [2.05, 4.69) is 60.0 Å². The first kappa shape index (κ1) is 13.8.